The summed E-state index contributed by atoms with van der Waals surface area (Å²) < 4.78 is 7.09. The van der Waals surface area contributed by atoms with E-state index in [-0.39, 0.29) is 11.9 Å². The fourth-order valence-corrected chi connectivity index (χ4v) is 3.89. The number of nitrogens with zero attached hydrogens (tertiary/aromatic N) is 3. The van der Waals surface area contributed by atoms with Crippen LogP contribution in [0.5, 0.6) is 0 Å². The number of hydrogen-bond acceptors (Lipinski definition) is 5. The highest BCUT2D eigenvalue weighted by Gasteiger charge is 2.39. The van der Waals surface area contributed by atoms with Crippen LogP contribution in [0.1, 0.15) is 60.3 Å². The van der Waals surface area contributed by atoms with Crippen molar-refractivity contribution in [3.63, 3.8) is 0 Å². The van der Waals surface area contributed by atoms with Crippen molar-refractivity contribution in [2.24, 2.45) is 5.92 Å². The zero-order chi connectivity index (χ0) is 17.4. The summed E-state index contributed by atoms with van der Waals surface area (Å²) in [7, 11) is 0. The van der Waals surface area contributed by atoms with E-state index in [2.05, 4.69) is 15.6 Å². The second-order valence-electron chi connectivity index (χ2n) is 7.41. The van der Waals surface area contributed by atoms with Gasteiger partial charge in [-0.05, 0) is 51.0 Å². The minimum Gasteiger partial charge on any atom is -0.459 e. The molecule has 7 nitrogen and oxygen atoms in total. The first-order valence-corrected chi connectivity index (χ1v) is 9.03. The molecular weight excluding hydrogens is 320 g/mol. The Morgan fingerprint density at radius 2 is 2.28 bits per heavy atom. The van der Waals surface area contributed by atoms with Gasteiger partial charge in [0.25, 0.3) is 5.91 Å². The Bertz CT molecular complexity index is 762. The minimum absolute atomic E-state index is 0.108. The van der Waals surface area contributed by atoms with Crippen LogP contribution in [-0.4, -0.2) is 32.0 Å². The largest absolute Gasteiger partial charge is 0.459 e. The molecule has 0 aliphatic heterocycles. The Kier molecular flexibility index (Phi) is 4.11. The number of aryl methyl sites for hydroxylation is 1. The van der Waals surface area contributed by atoms with Crippen molar-refractivity contribution in [3.8, 4) is 0 Å². The van der Waals surface area contributed by atoms with Crippen molar-refractivity contribution in [2.45, 2.75) is 63.6 Å². The van der Waals surface area contributed by atoms with E-state index in [9.17, 15) is 9.90 Å². The molecule has 4 rings (SSSR count). The molecule has 0 radical (unpaired) electrons. The van der Waals surface area contributed by atoms with Gasteiger partial charge in [0, 0.05) is 18.2 Å². The highest BCUT2D eigenvalue weighted by Crippen LogP contribution is 2.39. The Balaban J connectivity index is 1.40. The van der Waals surface area contributed by atoms with Crippen molar-refractivity contribution in [1.82, 2.24) is 20.3 Å². The molecule has 0 aromatic carbocycles. The minimum atomic E-state index is -0.779. The average Bonchev–Trinajstić information content (AvgIpc) is 3.28. The van der Waals surface area contributed by atoms with Gasteiger partial charge in [0.2, 0.25) is 0 Å². The van der Waals surface area contributed by atoms with Crippen LogP contribution in [0.25, 0.3) is 0 Å². The molecule has 0 spiro atoms. The number of hydrogen-bond donors (Lipinski definition) is 2. The van der Waals surface area contributed by atoms with Crippen LogP contribution in [0.4, 0.5) is 0 Å². The number of carbonyl (C=O) groups is 1. The number of aliphatic hydroxyl groups is 1. The second-order valence-corrected chi connectivity index (χ2v) is 7.41. The standard InChI is InChI=1S/C18H24N4O3/c1-12-6-9-25-16(12)17(23)19-14-5-2-4-13(14)10-22-11-15(20-21-22)18(24)7-3-8-18/h6,9,11,13-14,24H,2-5,7-8,10H2,1H3,(H,19,23)/t13-,14-/m1/s1. The van der Waals surface area contributed by atoms with Gasteiger partial charge in [0.1, 0.15) is 11.3 Å². The van der Waals surface area contributed by atoms with Gasteiger partial charge in [0.05, 0.1) is 12.5 Å². The first-order valence-electron chi connectivity index (χ1n) is 9.03. The van der Waals surface area contributed by atoms with Crippen LogP contribution in [0.2, 0.25) is 0 Å². The van der Waals surface area contributed by atoms with Gasteiger partial charge in [-0.2, -0.15) is 0 Å². The van der Waals surface area contributed by atoms with E-state index in [1.165, 1.54) is 0 Å². The maximum atomic E-state index is 12.4. The lowest BCUT2D eigenvalue weighted by atomic mass is 9.78. The number of nitrogens with one attached hydrogen (secondary N) is 1. The molecule has 1 amide bonds. The van der Waals surface area contributed by atoms with Crippen molar-refractivity contribution < 1.29 is 14.3 Å². The average molecular weight is 344 g/mol. The summed E-state index contributed by atoms with van der Waals surface area (Å²) in [5.74, 6) is 0.549. The maximum absolute atomic E-state index is 12.4. The van der Waals surface area contributed by atoms with Crippen LogP contribution in [0.15, 0.2) is 22.9 Å². The Morgan fingerprint density at radius 1 is 1.44 bits per heavy atom. The smallest absolute Gasteiger partial charge is 0.287 e. The summed E-state index contributed by atoms with van der Waals surface area (Å²) in [4.78, 5) is 12.4. The molecule has 134 valence electrons. The monoisotopic (exact) mass is 344 g/mol. The van der Waals surface area contributed by atoms with E-state index in [0.29, 0.717) is 23.9 Å². The van der Waals surface area contributed by atoms with E-state index >= 15 is 0 Å². The molecule has 7 heteroatoms. The number of rotatable bonds is 5. The summed E-state index contributed by atoms with van der Waals surface area (Å²) in [5.41, 5.74) is 0.739. The van der Waals surface area contributed by atoms with E-state index in [0.717, 1.165) is 44.1 Å². The predicted octanol–water partition coefficient (Wildman–Crippen LogP) is 2.15. The fraction of sp³-hybridized carbons (Fsp3) is 0.611. The SMILES string of the molecule is Cc1ccoc1C(=O)N[C@@H]1CCC[C@@H]1Cn1cc(C2(O)CCC2)nn1. The fourth-order valence-electron chi connectivity index (χ4n) is 3.89. The van der Waals surface area contributed by atoms with Crippen molar-refractivity contribution >= 4 is 5.91 Å². The molecule has 2 N–H and O–H groups in total. The molecule has 0 unspecified atom stereocenters. The second kappa shape index (κ2) is 6.29. The van der Waals surface area contributed by atoms with Crippen LogP contribution in [0, 0.1) is 12.8 Å². The lowest BCUT2D eigenvalue weighted by Crippen LogP contribution is -2.39. The molecule has 0 bridgehead atoms. The molecule has 2 saturated carbocycles. The van der Waals surface area contributed by atoms with Gasteiger partial charge in [-0.1, -0.05) is 11.6 Å². The van der Waals surface area contributed by atoms with Gasteiger partial charge >= 0.3 is 0 Å². The Morgan fingerprint density at radius 3 is 2.96 bits per heavy atom. The topological polar surface area (TPSA) is 93.2 Å². The lowest BCUT2D eigenvalue weighted by molar-refractivity contribution is -0.0427. The highest BCUT2D eigenvalue weighted by atomic mass is 16.3. The van der Waals surface area contributed by atoms with Crippen LogP contribution in [-0.2, 0) is 12.1 Å². The molecule has 2 heterocycles. The molecule has 2 atom stereocenters. The van der Waals surface area contributed by atoms with Gasteiger partial charge < -0.3 is 14.8 Å². The van der Waals surface area contributed by atoms with Crippen LogP contribution < -0.4 is 5.32 Å². The van der Waals surface area contributed by atoms with Crippen molar-refractivity contribution in [1.29, 1.82) is 0 Å². The van der Waals surface area contributed by atoms with Crippen LogP contribution in [0.3, 0.4) is 0 Å². The van der Waals surface area contributed by atoms with Gasteiger partial charge in [-0.3, -0.25) is 9.48 Å². The number of carbonyl (C=O) groups excluding carboxylic acids is 1. The summed E-state index contributed by atoms with van der Waals surface area (Å²) in [6.07, 6.45) is 9.03. The first-order chi connectivity index (χ1) is 12.0. The highest BCUT2D eigenvalue weighted by molar-refractivity contribution is 5.93. The Labute approximate surface area is 146 Å². The van der Waals surface area contributed by atoms with Crippen molar-refractivity contribution in [3.05, 3.63) is 35.5 Å². The van der Waals surface area contributed by atoms with Crippen LogP contribution >= 0.6 is 0 Å². The van der Waals surface area contributed by atoms with E-state index < -0.39 is 5.60 Å². The summed E-state index contributed by atoms with van der Waals surface area (Å²) in [6.45, 7) is 2.57. The molecule has 25 heavy (non-hydrogen) atoms. The van der Waals surface area contributed by atoms with Gasteiger partial charge in [0.15, 0.2) is 5.76 Å². The molecule has 0 saturated heterocycles. The van der Waals surface area contributed by atoms with E-state index in [1.807, 2.05) is 13.1 Å². The third-order valence-corrected chi connectivity index (χ3v) is 5.66. The summed E-state index contributed by atoms with van der Waals surface area (Å²) >= 11 is 0. The van der Waals surface area contributed by atoms with Crippen molar-refractivity contribution in [2.75, 3.05) is 0 Å². The lowest BCUT2D eigenvalue weighted by Gasteiger charge is -2.34. The van der Waals surface area contributed by atoms with Gasteiger partial charge in [-0.25, -0.2) is 0 Å². The molecule has 2 aromatic rings. The first kappa shape index (κ1) is 16.3. The quantitative estimate of drug-likeness (QED) is 0.867. The molecule has 2 fully saturated rings. The molecule has 2 aliphatic carbocycles. The molecular formula is C18H24N4O3. The van der Waals surface area contributed by atoms with Gasteiger partial charge in [-0.15, -0.1) is 5.10 Å². The zero-order valence-corrected chi connectivity index (χ0v) is 14.4. The molecule has 2 aliphatic rings. The third-order valence-electron chi connectivity index (χ3n) is 5.66. The summed E-state index contributed by atoms with van der Waals surface area (Å²) in [5, 5.41) is 21.8. The maximum Gasteiger partial charge on any atom is 0.287 e. The predicted molar refractivity (Wildman–Crippen MR) is 89.8 cm³/mol. The Hall–Kier alpha value is -2.15. The number of aromatic nitrogens is 3. The number of amides is 1. The number of furan rings is 1. The van der Waals surface area contributed by atoms with E-state index in [1.54, 1.807) is 17.0 Å². The summed E-state index contributed by atoms with van der Waals surface area (Å²) in [6, 6.07) is 1.90. The zero-order valence-electron chi connectivity index (χ0n) is 14.4. The normalized spacial score (nSPS) is 24.9. The third kappa shape index (κ3) is 3.08. The molecule has 2 aromatic heterocycles. The van der Waals surface area contributed by atoms with E-state index in [4.69, 9.17) is 4.42 Å².